The standard InChI is InChI=1S/C15H15N3/c1-2-12-10-18-9-8-13(14(16)15(18)17-12)11-6-4-3-5-7-11/h3-10H,2,16H2,1H3. The lowest BCUT2D eigenvalue weighted by atomic mass is 10.1. The van der Waals surface area contributed by atoms with Crippen molar-refractivity contribution >= 4 is 11.3 Å². The van der Waals surface area contributed by atoms with Crippen molar-refractivity contribution in [2.24, 2.45) is 0 Å². The molecule has 0 saturated heterocycles. The van der Waals surface area contributed by atoms with Crippen molar-refractivity contribution in [1.82, 2.24) is 9.38 Å². The summed E-state index contributed by atoms with van der Waals surface area (Å²) in [7, 11) is 0. The zero-order chi connectivity index (χ0) is 12.5. The number of hydrogen-bond acceptors (Lipinski definition) is 2. The molecule has 0 unspecified atom stereocenters. The molecule has 2 N–H and O–H groups in total. The highest BCUT2D eigenvalue weighted by Gasteiger charge is 2.09. The summed E-state index contributed by atoms with van der Waals surface area (Å²) in [4.78, 5) is 4.55. The highest BCUT2D eigenvalue weighted by Crippen LogP contribution is 2.28. The summed E-state index contributed by atoms with van der Waals surface area (Å²) in [6.07, 6.45) is 4.96. The van der Waals surface area contributed by atoms with E-state index in [1.54, 1.807) is 0 Å². The van der Waals surface area contributed by atoms with Gasteiger partial charge < -0.3 is 10.1 Å². The summed E-state index contributed by atoms with van der Waals surface area (Å²) in [6.45, 7) is 2.09. The number of aryl methyl sites for hydroxylation is 1. The van der Waals surface area contributed by atoms with E-state index in [2.05, 4.69) is 24.0 Å². The Morgan fingerprint density at radius 1 is 1.17 bits per heavy atom. The average molecular weight is 237 g/mol. The third-order valence-corrected chi connectivity index (χ3v) is 3.16. The molecule has 0 aliphatic heterocycles. The van der Waals surface area contributed by atoms with Gasteiger partial charge in [0.2, 0.25) is 0 Å². The molecule has 0 amide bonds. The topological polar surface area (TPSA) is 43.3 Å². The second-order valence-electron chi connectivity index (χ2n) is 4.33. The maximum absolute atomic E-state index is 6.24. The molecule has 1 aromatic carbocycles. The first-order valence-electron chi connectivity index (χ1n) is 6.11. The molecule has 2 heterocycles. The fourth-order valence-corrected chi connectivity index (χ4v) is 2.16. The van der Waals surface area contributed by atoms with Crippen molar-refractivity contribution in [2.45, 2.75) is 13.3 Å². The Balaban J connectivity index is 2.23. The second kappa shape index (κ2) is 4.18. The Bertz CT molecular complexity index is 684. The van der Waals surface area contributed by atoms with Crippen LogP contribution in [-0.2, 0) is 6.42 Å². The molecule has 90 valence electrons. The van der Waals surface area contributed by atoms with Crippen LogP contribution in [0.25, 0.3) is 16.8 Å². The molecule has 3 heteroatoms. The summed E-state index contributed by atoms with van der Waals surface area (Å²) >= 11 is 0. The highest BCUT2D eigenvalue weighted by molar-refractivity contribution is 5.85. The quantitative estimate of drug-likeness (QED) is 0.744. The average Bonchev–Trinajstić information content (AvgIpc) is 2.84. The van der Waals surface area contributed by atoms with Crippen LogP contribution in [0.4, 0.5) is 5.69 Å². The molecule has 3 aromatic rings. The van der Waals surface area contributed by atoms with E-state index < -0.39 is 0 Å². The minimum absolute atomic E-state index is 0.739. The summed E-state index contributed by atoms with van der Waals surface area (Å²) in [5, 5.41) is 0. The van der Waals surface area contributed by atoms with E-state index in [0.29, 0.717) is 0 Å². The van der Waals surface area contributed by atoms with Crippen molar-refractivity contribution < 1.29 is 0 Å². The number of aromatic nitrogens is 2. The maximum atomic E-state index is 6.24. The first-order chi connectivity index (χ1) is 8.79. The molecular formula is C15H15N3. The number of rotatable bonds is 2. The number of nitrogens with zero attached hydrogens (tertiary/aromatic N) is 2. The largest absolute Gasteiger partial charge is 0.395 e. The Morgan fingerprint density at radius 3 is 2.67 bits per heavy atom. The molecule has 0 aliphatic carbocycles. The predicted octanol–water partition coefficient (Wildman–Crippen LogP) is 3.15. The Kier molecular flexibility index (Phi) is 2.52. The zero-order valence-corrected chi connectivity index (χ0v) is 10.3. The van der Waals surface area contributed by atoms with Gasteiger partial charge in [0.1, 0.15) is 0 Å². The van der Waals surface area contributed by atoms with Crippen LogP contribution < -0.4 is 5.73 Å². The number of anilines is 1. The van der Waals surface area contributed by atoms with Gasteiger partial charge in [-0.1, -0.05) is 37.3 Å². The Labute approximate surface area is 106 Å². The van der Waals surface area contributed by atoms with Crippen LogP contribution in [0.3, 0.4) is 0 Å². The van der Waals surface area contributed by atoms with Crippen molar-refractivity contribution in [3.05, 3.63) is 54.5 Å². The van der Waals surface area contributed by atoms with Crippen LogP contribution in [0.2, 0.25) is 0 Å². The van der Waals surface area contributed by atoms with E-state index in [9.17, 15) is 0 Å². The lowest BCUT2D eigenvalue weighted by Crippen LogP contribution is -1.95. The van der Waals surface area contributed by atoms with Gasteiger partial charge in [-0.2, -0.15) is 0 Å². The highest BCUT2D eigenvalue weighted by atomic mass is 15.0. The summed E-state index contributed by atoms with van der Waals surface area (Å²) in [5.41, 5.74) is 11.0. The van der Waals surface area contributed by atoms with Crippen LogP contribution in [0, 0.1) is 0 Å². The Morgan fingerprint density at radius 2 is 1.94 bits per heavy atom. The van der Waals surface area contributed by atoms with E-state index >= 15 is 0 Å². The van der Waals surface area contributed by atoms with Crippen LogP contribution in [0.1, 0.15) is 12.6 Å². The van der Waals surface area contributed by atoms with Gasteiger partial charge in [-0.05, 0) is 18.1 Å². The predicted molar refractivity (Wildman–Crippen MR) is 74.4 cm³/mol. The molecule has 3 nitrogen and oxygen atoms in total. The number of nitrogens with two attached hydrogens (primary N) is 1. The molecule has 18 heavy (non-hydrogen) atoms. The molecule has 3 rings (SSSR count). The number of hydrogen-bond donors (Lipinski definition) is 1. The van der Waals surface area contributed by atoms with E-state index in [-0.39, 0.29) is 0 Å². The number of imidazole rings is 1. The van der Waals surface area contributed by atoms with Crippen molar-refractivity contribution in [2.75, 3.05) is 5.73 Å². The molecule has 0 aliphatic rings. The second-order valence-corrected chi connectivity index (χ2v) is 4.33. The number of fused-ring (bicyclic) bond motifs is 1. The van der Waals surface area contributed by atoms with Gasteiger partial charge in [-0.15, -0.1) is 0 Å². The molecule has 2 aromatic heterocycles. The lowest BCUT2D eigenvalue weighted by Gasteiger charge is -2.06. The normalized spacial score (nSPS) is 10.9. The van der Waals surface area contributed by atoms with Gasteiger partial charge in [0, 0.05) is 18.0 Å². The van der Waals surface area contributed by atoms with Gasteiger partial charge in [0.15, 0.2) is 5.65 Å². The van der Waals surface area contributed by atoms with Gasteiger partial charge in [0.05, 0.1) is 11.4 Å². The van der Waals surface area contributed by atoms with E-state index in [1.165, 1.54) is 0 Å². The lowest BCUT2D eigenvalue weighted by molar-refractivity contribution is 1.07. The summed E-state index contributed by atoms with van der Waals surface area (Å²) in [6, 6.07) is 12.2. The van der Waals surface area contributed by atoms with Gasteiger partial charge >= 0.3 is 0 Å². The summed E-state index contributed by atoms with van der Waals surface area (Å²) < 4.78 is 1.99. The smallest absolute Gasteiger partial charge is 0.160 e. The number of benzene rings is 1. The Hall–Kier alpha value is -2.29. The van der Waals surface area contributed by atoms with E-state index in [4.69, 9.17) is 5.73 Å². The molecule has 0 saturated carbocycles. The number of pyridine rings is 1. The van der Waals surface area contributed by atoms with E-state index in [0.717, 1.165) is 34.6 Å². The van der Waals surface area contributed by atoms with Crippen LogP contribution in [0.5, 0.6) is 0 Å². The van der Waals surface area contributed by atoms with E-state index in [1.807, 2.05) is 41.1 Å². The fraction of sp³-hybridized carbons (Fsp3) is 0.133. The third kappa shape index (κ3) is 1.64. The van der Waals surface area contributed by atoms with Gasteiger partial charge in [-0.3, -0.25) is 0 Å². The first-order valence-corrected chi connectivity index (χ1v) is 6.11. The van der Waals surface area contributed by atoms with Crippen LogP contribution in [-0.4, -0.2) is 9.38 Å². The molecular weight excluding hydrogens is 222 g/mol. The summed E-state index contributed by atoms with van der Waals surface area (Å²) in [5.74, 6) is 0. The van der Waals surface area contributed by atoms with Crippen molar-refractivity contribution in [1.29, 1.82) is 0 Å². The molecule has 0 bridgehead atoms. The first kappa shape index (κ1) is 10.8. The molecule has 0 fully saturated rings. The maximum Gasteiger partial charge on any atom is 0.160 e. The van der Waals surface area contributed by atoms with Gasteiger partial charge in [-0.25, -0.2) is 4.98 Å². The number of nitrogen functional groups attached to an aromatic ring is 1. The SMILES string of the molecule is CCc1cn2ccc(-c3ccccc3)c(N)c2n1. The molecule has 0 atom stereocenters. The molecule has 0 radical (unpaired) electrons. The minimum atomic E-state index is 0.739. The zero-order valence-electron chi connectivity index (χ0n) is 10.3. The van der Waals surface area contributed by atoms with Crippen molar-refractivity contribution in [3.63, 3.8) is 0 Å². The fourth-order valence-electron chi connectivity index (χ4n) is 2.16. The minimum Gasteiger partial charge on any atom is -0.395 e. The third-order valence-electron chi connectivity index (χ3n) is 3.16. The monoisotopic (exact) mass is 237 g/mol. The molecule has 0 spiro atoms. The van der Waals surface area contributed by atoms with Crippen LogP contribution in [0.15, 0.2) is 48.8 Å². The van der Waals surface area contributed by atoms with Crippen molar-refractivity contribution in [3.8, 4) is 11.1 Å². The van der Waals surface area contributed by atoms with Crippen LogP contribution >= 0.6 is 0 Å². The van der Waals surface area contributed by atoms with Gasteiger partial charge in [0.25, 0.3) is 0 Å².